The molecular weight excluding hydrogens is 498 g/mol. The molecular formula is C20H33N7O4S3. The number of anilines is 2. The van der Waals surface area contributed by atoms with Crippen LogP contribution in [0.5, 0.6) is 0 Å². The van der Waals surface area contributed by atoms with Crippen LogP contribution in [0.3, 0.4) is 0 Å². The van der Waals surface area contributed by atoms with Gasteiger partial charge in [0.2, 0.25) is 22.1 Å². The maximum atomic E-state index is 12.2. The SMILES string of the molecule is CC(CO)CC(C)C(=O)Nc1nnc(CCSCCc2nnc(NC(=O)[C@@H](N)C(C)CO)s2)s1. The second-order valence-electron chi connectivity index (χ2n) is 8.20. The van der Waals surface area contributed by atoms with Gasteiger partial charge in [-0.15, -0.1) is 20.4 Å². The van der Waals surface area contributed by atoms with E-state index in [1.54, 1.807) is 18.7 Å². The number of rotatable bonds is 15. The Kier molecular flexibility index (Phi) is 12.3. The van der Waals surface area contributed by atoms with Crippen LogP contribution in [0, 0.1) is 17.8 Å². The van der Waals surface area contributed by atoms with E-state index in [2.05, 4.69) is 31.0 Å². The van der Waals surface area contributed by atoms with E-state index in [1.165, 1.54) is 22.7 Å². The average molecular weight is 532 g/mol. The minimum atomic E-state index is -0.805. The Morgan fingerprint density at radius 1 is 0.912 bits per heavy atom. The van der Waals surface area contributed by atoms with Gasteiger partial charge in [-0.1, -0.05) is 43.4 Å². The van der Waals surface area contributed by atoms with Crippen LogP contribution in [0.15, 0.2) is 0 Å². The molecule has 2 amide bonds. The minimum Gasteiger partial charge on any atom is -0.396 e. The summed E-state index contributed by atoms with van der Waals surface area (Å²) in [7, 11) is 0. The summed E-state index contributed by atoms with van der Waals surface area (Å²) in [6.45, 7) is 5.34. The Bertz CT molecular complexity index is 910. The number of nitrogens with zero attached hydrogens (tertiary/aromatic N) is 4. The van der Waals surface area contributed by atoms with Gasteiger partial charge in [0.15, 0.2) is 0 Å². The summed E-state index contributed by atoms with van der Waals surface area (Å²) in [5.74, 6) is 0.714. The van der Waals surface area contributed by atoms with Crippen LogP contribution in [-0.2, 0) is 22.4 Å². The Morgan fingerprint density at radius 2 is 1.44 bits per heavy atom. The lowest BCUT2D eigenvalue weighted by Gasteiger charge is -2.15. The number of nitrogens with one attached hydrogen (secondary N) is 2. The van der Waals surface area contributed by atoms with Crippen molar-refractivity contribution in [3.05, 3.63) is 10.0 Å². The van der Waals surface area contributed by atoms with E-state index in [-0.39, 0.29) is 42.8 Å². The van der Waals surface area contributed by atoms with Crippen molar-refractivity contribution in [2.45, 2.75) is 46.1 Å². The fourth-order valence-corrected chi connectivity index (χ4v) is 5.43. The predicted octanol–water partition coefficient (Wildman–Crippen LogP) is 1.40. The third kappa shape index (κ3) is 9.50. The highest BCUT2D eigenvalue weighted by atomic mass is 32.2. The number of aliphatic hydroxyl groups excluding tert-OH is 2. The van der Waals surface area contributed by atoms with E-state index in [4.69, 9.17) is 15.9 Å². The molecule has 0 aliphatic carbocycles. The lowest BCUT2D eigenvalue weighted by Crippen LogP contribution is -2.42. The fourth-order valence-electron chi connectivity index (χ4n) is 2.81. The first-order valence-corrected chi connectivity index (χ1v) is 13.8. The number of aromatic nitrogens is 4. The second kappa shape index (κ2) is 14.6. The van der Waals surface area contributed by atoms with Gasteiger partial charge in [-0.3, -0.25) is 14.9 Å². The highest BCUT2D eigenvalue weighted by Crippen LogP contribution is 2.21. The summed E-state index contributed by atoms with van der Waals surface area (Å²) in [4.78, 5) is 24.3. The maximum absolute atomic E-state index is 12.2. The van der Waals surface area contributed by atoms with E-state index in [9.17, 15) is 9.59 Å². The monoisotopic (exact) mass is 531 g/mol. The van der Waals surface area contributed by atoms with E-state index >= 15 is 0 Å². The first-order chi connectivity index (χ1) is 16.2. The molecule has 0 spiro atoms. The van der Waals surface area contributed by atoms with Crippen molar-refractivity contribution in [2.24, 2.45) is 23.5 Å². The van der Waals surface area contributed by atoms with Gasteiger partial charge in [0.25, 0.3) is 0 Å². The van der Waals surface area contributed by atoms with Crippen LogP contribution in [0.2, 0.25) is 0 Å². The smallest absolute Gasteiger partial charge is 0.243 e. The molecule has 0 radical (unpaired) electrons. The van der Waals surface area contributed by atoms with Crippen LogP contribution < -0.4 is 16.4 Å². The van der Waals surface area contributed by atoms with Gasteiger partial charge in [0.05, 0.1) is 6.04 Å². The van der Waals surface area contributed by atoms with Gasteiger partial charge in [0, 0.05) is 37.9 Å². The first-order valence-electron chi connectivity index (χ1n) is 11.0. The number of amides is 2. The van der Waals surface area contributed by atoms with Gasteiger partial charge >= 0.3 is 0 Å². The van der Waals surface area contributed by atoms with E-state index in [0.717, 1.165) is 34.4 Å². The fraction of sp³-hybridized carbons (Fsp3) is 0.700. The Hall–Kier alpha value is -1.71. The number of hydrogen-bond acceptors (Lipinski definition) is 12. The van der Waals surface area contributed by atoms with Crippen LogP contribution in [0.25, 0.3) is 0 Å². The van der Waals surface area contributed by atoms with Crippen molar-refractivity contribution < 1.29 is 19.8 Å². The van der Waals surface area contributed by atoms with Crippen molar-refractivity contribution in [1.29, 1.82) is 0 Å². The molecule has 34 heavy (non-hydrogen) atoms. The third-order valence-corrected chi connectivity index (χ3v) is 7.82. The normalized spacial score (nSPS) is 14.9. The number of carbonyl (C=O) groups excluding carboxylic acids is 2. The Balaban J connectivity index is 1.66. The number of carbonyl (C=O) groups is 2. The molecule has 2 rings (SSSR count). The number of aliphatic hydroxyl groups is 2. The molecule has 0 saturated carbocycles. The van der Waals surface area contributed by atoms with E-state index in [1.807, 2.05) is 13.8 Å². The lowest BCUT2D eigenvalue weighted by molar-refractivity contribution is -0.120. The molecule has 2 aromatic rings. The Labute approximate surface area is 211 Å². The Morgan fingerprint density at radius 3 is 1.94 bits per heavy atom. The molecule has 6 N–H and O–H groups in total. The average Bonchev–Trinajstić information content (AvgIpc) is 3.46. The molecule has 11 nitrogen and oxygen atoms in total. The van der Waals surface area contributed by atoms with Crippen molar-refractivity contribution in [1.82, 2.24) is 20.4 Å². The zero-order chi connectivity index (χ0) is 25.1. The highest BCUT2D eigenvalue weighted by Gasteiger charge is 2.21. The number of hydrogen-bond donors (Lipinski definition) is 5. The summed E-state index contributed by atoms with van der Waals surface area (Å²) >= 11 is 4.42. The molecule has 3 unspecified atom stereocenters. The van der Waals surface area contributed by atoms with Gasteiger partial charge in [-0.2, -0.15) is 11.8 Å². The third-order valence-electron chi connectivity index (χ3n) is 5.03. The predicted molar refractivity (Wildman–Crippen MR) is 136 cm³/mol. The standard InChI is InChI=1S/C20H33N7O4S3/c1-11(9-28)8-12(2)17(30)22-19-26-24-14(33-19)4-6-32-7-5-15-25-27-20(34-15)23-18(31)16(21)13(3)10-29/h11-13,16,28-29H,4-10,21H2,1-3H3,(H,22,26,30)(H,23,27,31)/t11?,12?,13?,16-/m0/s1. The van der Waals surface area contributed by atoms with E-state index in [0.29, 0.717) is 16.7 Å². The van der Waals surface area contributed by atoms with Crippen molar-refractivity contribution >= 4 is 56.5 Å². The molecule has 0 aliphatic heterocycles. The largest absolute Gasteiger partial charge is 0.396 e. The van der Waals surface area contributed by atoms with Crippen LogP contribution in [-0.4, -0.2) is 73.2 Å². The molecule has 0 aliphatic rings. The number of thioether (sulfide) groups is 1. The summed E-state index contributed by atoms with van der Waals surface area (Å²) in [5.41, 5.74) is 5.79. The molecule has 14 heteroatoms. The zero-order valence-electron chi connectivity index (χ0n) is 19.6. The van der Waals surface area contributed by atoms with Crippen molar-refractivity contribution in [3.63, 3.8) is 0 Å². The van der Waals surface area contributed by atoms with Crippen LogP contribution >= 0.6 is 34.4 Å². The summed E-state index contributed by atoms with van der Waals surface area (Å²) < 4.78 is 0. The zero-order valence-corrected chi connectivity index (χ0v) is 22.0. The summed E-state index contributed by atoms with van der Waals surface area (Å²) in [6, 6.07) is -0.805. The van der Waals surface area contributed by atoms with Crippen molar-refractivity contribution in [3.8, 4) is 0 Å². The van der Waals surface area contributed by atoms with Crippen molar-refractivity contribution in [2.75, 3.05) is 35.4 Å². The molecule has 4 atom stereocenters. The summed E-state index contributed by atoms with van der Waals surface area (Å²) in [5, 5.41) is 42.5. The minimum absolute atomic E-state index is 0.0640. The maximum Gasteiger partial charge on any atom is 0.243 e. The number of nitrogens with two attached hydrogens (primary N) is 1. The molecule has 0 bridgehead atoms. The molecule has 2 aromatic heterocycles. The van der Waals surface area contributed by atoms with Gasteiger partial charge < -0.3 is 21.3 Å². The van der Waals surface area contributed by atoms with Gasteiger partial charge in [-0.25, -0.2) is 0 Å². The summed E-state index contributed by atoms with van der Waals surface area (Å²) in [6.07, 6.45) is 2.08. The molecule has 190 valence electrons. The van der Waals surface area contributed by atoms with Gasteiger partial charge in [-0.05, 0) is 23.8 Å². The van der Waals surface area contributed by atoms with Crippen LogP contribution in [0.1, 0.15) is 37.2 Å². The molecule has 0 aromatic carbocycles. The topological polar surface area (TPSA) is 176 Å². The molecule has 0 fully saturated rings. The molecule has 0 saturated heterocycles. The van der Waals surface area contributed by atoms with E-state index < -0.39 is 6.04 Å². The molecule has 2 heterocycles. The highest BCUT2D eigenvalue weighted by molar-refractivity contribution is 7.99. The van der Waals surface area contributed by atoms with Crippen LogP contribution in [0.4, 0.5) is 10.3 Å². The lowest BCUT2D eigenvalue weighted by atomic mass is 9.97. The number of aryl methyl sites for hydroxylation is 2. The quantitative estimate of drug-likeness (QED) is 0.211. The second-order valence-corrected chi connectivity index (χ2v) is 11.6. The first kappa shape index (κ1) is 28.5. The van der Waals surface area contributed by atoms with Gasteiger partial charge in [0.1, 0.15) is 10.0 Å².